The van der Waals surface area contributed by atoms with E-state index in [2.05, 4.69) is 5.32 Å². The molecular formula is C20H22Cl2N2O3S. The Labute approximate surface area is 175 Å². The molecule has 1 heterocycles. The number of hydrogen-bond acceptors (Lipinski definition) is 3. The summed E-state index contributed by atoms with van der Waals surface area (Å²) >= 11 is 12.0. The number of benzene rings is 2. The highest BCUT2D eigenvalue weighted by atomic mass is 35.5. The molecule has 1 aliphatic rings. The zero-order chi connectivity index (χ0) is 20.3. The highest BCUT2D eigenvalue weighted by Gasteiger charge is 2.34. The molecule has 1 aliphatic heterocycles. The molecule has 2 aromatic rings. The number of rotatable bonds is 5. The minimum Gasteiger partial charge on any atom is -0.349 e. The molecule has 5 nitrogen and oxygen atoms in total. The molecule has 150 valence electrons. The Morgan fingerprint density at radius 2 is 1.89 bits per heavy atom. The van der Waals surface area contributed by atoms with Crippen LogP contribution in [-0.4, -0.2) is 31.7 Å². The number of amides is 1. The third-order valence-electron chi connectivity index (χ3n) is 4.92. The molecule has 0 unspecified atom stereocenters. The number of nitrogens with zero attached hydrogens (tertiary/aromatic N) is 1. The van der Waals surface area contributed by atoms with Crippen LogP contribution in [0.1, 0.15) is 31.4 Å². The Morgan fingerprint density at radius 3 is 2.61 bits per heavy atom. The molecule has 0 bridgehead atoms. The van der Waals surface area contributed by atoms with Gasteiger partial charge in [0.2, 0.25) is 15.9 Å². The fourth-order valence-corrected chi connectivity index (χ4v) is 5.61. The molecule has 0 aromatic heterocycles. The van der Waals surface area contributed by atoms with Gasteiger partial charge in [-0.1, -0.05) is 53.5 Å². The molecule has 2 atom stereocenters. The van der Waals surface area contributed by atoms with Crippen molar-refractivity contribution in [3.63, 3.8) is 0 Å². The maximum absolute atomic E-state index is 13.0. The van der Waals surface area contributed by atoms with Crippen molar-refractivity contribution >= 4 is 39.1 Å². The second-order valence-corrected chi connectivity index (χ2v) is 9.67. The number of nitrogens with one attached hydrogen (secondary N) is 1. The van der Waals surface area contributed by atoms with Gasteiger partial charge >= 0.3 is 0 Å². The third-order valence-corrected chi connectivity index (χ3v) is 7.51. The first-order valence-corrected chi connectivity index (χ1v) is 11.3. The lowest BCUT2D eigenvalue weighted by Gasteiger charge is -2.32. The zero-order valence-electron chi connectivity index (χ0n) is 15.4. The molecule has 1 fully saturated rings. The molecule has 1 saturated heterocycles. The lowest BCUT2D eigenvalue weighted by atomic mass is 9.98. The summed E-state index contributed by atoms with van der Waals surface area (Å²) in [6.45, 7) is 2.39. The first-order valence-electron chi connectivity index (χ1n) is 9.09. The fraction of sp³-hybridized carbons (Fsp3) is 0.350. The fourth-order valence-electron chi connectivity index (χ4n) is 3.34. The average molecular weight is 441 g/mol. The summed E-state index contributed by atoms with van der Waals surface area (Å²) in [6.07, 6.45) is 1.25. The number of halogens is 2. The van der Waals surface area contributed by atoms with Crippen LogP contribution in [0.3, 0.4) is 0 Å². The van der Waals surface area contributed by atoms with Crippen LogP contribution in [0.2, 0.25) is 10.0 Å². The number of hydrogen-bond donors (Lipinski definition) is 1. The van der Waals surface area contributed by atoms with Gasteiger partial charge in [0.1, 0.15) is 4.90 Å². The molecular weight excluding hydrogens is 419 g/mol. The largest absolute Gasteiger partial charge is 0.349 e. The van der Waals surface area contributed by atoms with Crippen molar-refractivity contribution in [3.05, 3.63) is 64.1 Å². The van der Waals surface area contributed by atoms with Crippen molar-refractivity contribution in [1.29, 1.82) is 0 Å². The molecule has 2 aromatic carbocycles. The van der Waals surface area contributed by atoms with Crippen molar-refractivity contribution in [2.24, 2.45) is 5.92 Å². The molecule has 0 aliphatic carbocycles. The Bertz CT molecular complexity index is 951. The molecule has 0 saturated carbocycles. The van der Waals surface area contributed by atoms with Gasteiger partial charge in [0.15, 0.2) is 0 Å². The number of carbonyl (C=O) groups is 1. The molecule has 1 amide bonds. The molecule has 3 rings (SSSR count). The zero-order valence-corrected chi connectivity index (χ0v) is 17.8. The van der Waals surface area contributed by atoms with Gasteiger partial charge in [0.25, 0.3) is 0 Å². The van der Waals surface area contributed by atoms with Gasteiger partial charge in [-0.05, 0) is 43.5 Å². The Kier molecular flexibility index (Phi) is 6.65. The summed E-state index contributed by atoms with van der Waals surface area (Å²) in [6, 6.07) is 13.9. The van der Waals surface area contributed by atoms with Crippen LogP contribution in [0.25, 0.3) is 0 Å². The molecule has 28 heavy (non-hydrogen) atoms. The lowest BCUT2D eigenvalue weighted by Crippen LogP contribution is -2.45. The SMILES string of the molecule is C[C@H](NC(=O)[C@@H]1CCCN(S(=O)(=O)c2cc(Cl)ccc2Cl)C1)c1ccccc1. The minimum atomic E-state index is -3.83. The van der Waals surface area contributed by atoms with Crippen molar-refractivity contribution in [2.75, 3.05) is 13.1 Å². The Balaban J connectivity index is 1.73. The maximum atomic E-state index is 13.0. The van der Waals surface area contributed by atoms with Crippen molar-refractivity contribution in [2.45, 2.75) is 30.7 Å². The third kappa shape index (κ3) is 4.69. The first-order chi connectivity index (χ1) is 13.3. The normalized spacial score (nSPS) is 19.2. The minimum absolute atomic E-state index is 0.0274. The smallest absolute Gasteiger partial charge is 0.244 e. The van der Waals surface area contributed by atoms with Crippen LogP contribution in [0.15, 0.2) is 53.4 Å². The molecule has 8 heteroatoms. The summed E-state index contributed by atoms with van der Waals surface area (Å²) in [7, 11) is -3.83. The highest BCUT2D eigenvalue weighted by Crippen LogP contribution is 2.30. The summed E-state index contributed by atoms with van der Waals surface area (Å²) < 4.78 is 27.4. The van der Waals surface area contributed by atoms with Gasteiger partial charge in [-0.25, -0.2) is 8.42 Å². The van der Waals surface area contributed by atoms with Crippen LogP contribution < -0.4 is 5.32 Å². The summed E-state index contributed by atoms with van der Waals surface area (Å²) in [4.78, 5) is 12.7. The van der Waals surface area contributed by atoms with Gasteiger partial charge in [0.05, 0.1) is 17.0 Å². The molecule has 1 N–H and O–H groups in total. The predicted octanol–water partition coefficient (Wildman–Crippen LogP) is 4.27. The number of sulfonamides is 1. The monoisotopic (exact) mass is 440 g/mol. The van der Waals surface area contributed by atoms with E-state index in [9.17, 15) is 13.2 Å². The van der Waals surface area contributed by atoms with Crippen LogP contribution in [0, 0.1) is 5.92 Å². The average Bonchev–Trinajstić information content (AvgIpc) is 2.70. The Morgan fingerprint density at radius 1 is 1.18 bits per heavy atom. The topological polar surface area (TPSA) is 66.5 Å². The van der Waals surface area contributed by atoms with Crippen LogP contribution in [0.5, 0.6) is 0 Å². The molecule has 0 spiro atoms. The van der Waals surface area contributed by atoms with Gasteiger partial charge in [0, 0.05) is 18.1 Å². The number of piperidine rings is 1. The van der Waals surface area contributed by atoms with Crippen molar-refractivity contribution < 1.29 is 13.2 Å². The van der Waals surface area contributed by atoms with Crippen LogP contribution >= 0.6 is 23.2 Å². The van der Waals surface area contributed by atoms with E-state index in [1.165, 1.54) is 16.4 Å². The van der Waals surface area contributed by atoms with Crippen LogP contribution in [-0.2, 0) is 14.8 Å². The van der Waals surface area contributed by atoms with E-state index in [1.807, 2.05) is 37.3 Å². The van der Waals surface area contributed by atoms with E-state index in [0.29, 0.717) is 24.4 Å². The van der Waals surface area contributed by atoms with E-state index in [0.717, 1.165) is 5.56 Å². The summed E-state index contributed by atoms with van der Waals surface area (Å²) in [5, 5.41) is 3.41. The highest BCUT2D eigenvalue weighted by molar-refractivity contribution is 7.89. The quantitative estimate of drug-likeness (QED) is 0.754. The predicted molar refractivity (Wildman–Crippen MR) is 111 cm³/mol. The van der Waals surface area contributed by atoms with Crippen molar-refractivity contribution in [1.82, 2.24) is 9.62 Å². The van der Waals surface area contributed by atoms with E-state index in [4.69, 9.17) is 23.2 Å². The van der Waals surface area contributed by atoms with Crippen LogP contribution in [0.4, 0.5) is 0 Å². The van der Waals surface area contributed by atoms with Gasteiger partial charge < -0.3 is 5.32 Å². The van der Waals surface area contributed by atoms with Gasteiger partial charge in [-0.15, -0.1) is 0 Å². The number of carbonyl (C=O) groups excluding carboxylic acids is 1. The van der Waals surface area contributed by atoms with E-state index >= 15 is 0 Å². The van der Waals surface area contributed by atoms with Gasteiger partial charge in [-0.3, -0.25) is 4.79 Å². The first kappa shape index (κ1) is 21.1. The van der Waals surface area contributed by atoms with Crippen molar-refractivity contribution in [3.8, 4) is 0 Å². The summed E-state index contributed by atoms with van der Waals surface area (Å²) in [5.41, 5.74) is 1.00. The van der Waals surface area contributed by atoms with Gasteiger partial charge in [-0.2, -0.15) is 4.31 Å². The van der Waals surface area contributed by atoms with E-state index in [1.54, 1.807) is 6.07 Å². The maximum Gasteiger partial charge on any atom is 0.244 e. The standard InChI is InChI=1S/C20H22Cl2N2O3S/c1-14(15-6-3-2-4-7-15)23-20(25)16-8-5-11-24(13-16)28(26,27)19-12-17(21)9-10-18(19)22/h2-4,6-7,9-10,12,14,16H,5,8,11,13H2,1H3,(H,23,25)/t14-,16+/m0/s1. The lowest BCUT2D eigenvalue weighted by molar-refractivity contribution is -0.126. The summed E-state index contributed by atoms with van der Waals surface area (Å²) in [5.74, 6) is -0.555. The second kappa shape index (κ2) is 8.82. The second-order valence-electron chi connectivity index (χ2n) is 6.92. The Hall–Kier alpha value is -1.60. The van der Waals surface area contributed by atoms with E-state index < -0.39 is 15.9 Å². The van der Waals surface area contributed by atoms with E-state index in [-0.39, 0.29) is 28.4 Å². The molecule has 0 radical (unpaired) electrons.